The summed E-state index contributed by atoms with van der Waals surface area (Å²) in [5, 5.41) is 7.69. The van der Waals surface area contributed by atoms with Crippen LogP contribution in [0.5, 0.6) is 0 Å². The van der Waals surface area contributed by atoms with Gasteiger partial charge < -0.3 is 5.32 Å². The standard InChI is InChI=1S/C17H20N4O4S2/c1-27(24,25)21-10-3-2-4-14(21)16(23)19-13-7-5-12(6-8-13)15(22)20-17-18-9-11-26-17/h5-9,11,14H,2-4,10H2,1H3,(H,19,23)(H,18,20,22). The summed E-state index contributed by atoms with van der Waals surface area (Å²) in [4.78, 5) is 28.7. The van der Waals surface area contributed by atoms with Crippen LogP contribution in [0.1, 0.15) is 29.6 Å². The number of sulfonamides is 1. The molecule has 2 heterocycles. The summed E-state index contributed by atoms with van der Waals surface area (Å²) in [6.45, 7) is 0.354. The smallest absolute Gasteiger partial charge is 0.257 e. The van der Waals surface area contributed by atoms with Crippen molar-refractivity contribution in [2.24, 2.45) is 0 Å². The van der Waals surface area contributed by atoms with E-state index in [-0.39, 0.29) is 11.8 Å². The van der Waals surface area contributed by atoms with Gasteiger partial charge in [0.15, 0.2) is 5.13 Å². The van der Waals surface area contributed by atoms with Crippen molar-refractivity contribution in [1.82, 2.24) is 9.29 Å². The molecule has 27 heavy (non-hydrogen) atoms. The van der Waals surface area contributed by atoms with Gasteiger partial charge in [0.05, 0.1) is 6.26 Å². The predicted molar refractivity (Wildman–Crippen MR) is 104 cm³/mol. The van der Waals surface area contributed by atoms with E-state index in [9.17, 15) is 18.0 Å². The lowest BCUT2D eigenvalue weighted by atomic mass is 10.0. The number of hydrogen-bond donors (Lipinski definition) is 2. The van der Waals surface area contributed by atoms with E-state index in [1.807, 2.05) is 0 Å². The Hall–Kier alpha value is -2.30. The Morgan fingerprint density at radius 3 is 2.56 bits per heavy atom. The number of piperidine rings is 1. The lowest BCUT2D eigenvalue weighted by Crippen LogP contribution is -2.49. The number of carbonyl (C=O) groups excluding carboxylic acids is 2. The van der Waals surface area contributed by atoms with Crippen molar-refractivity contribution < 1.29 is 18.0 Å². The first-order valence-electron chi connectivity index (χ1n) is 8.43. The van der Waals surface area contributed by atoms with Gasteiger partial charge in [0.25, 0.3) is 5.91 Å². The molecule has 2 amide bonds. The quantitative estimate of drug-likeness (QED) is 0.788. The number of nitrogens with one attached hydrogen (secondary N) is 2. The second kappa shape index (κ2) is 8.15. The monoisotopic (exact) mass is 408 g/mol. The summed E-state index contributed by atoms with van der Waals surface area (Å²) in [6, 6.07) is 5.70. The van der Waals surface area contributed by atoms with Crippen LogP contribution in [0.4, 0.5) is 10.8 Å². The fourth-order valence-electron chi connectivity index (χ4n) is 2.95. The molecular weight excluding hydrogens is 388 g/mol. The molecule has 0 spiro atoms. The lowest BCUT2D eigenvalue weighted by molar-refractivity contribution is -0.120. The average Bonchev–Trinajstić information content (AvgIpc) is 3.14. The number of aromatic nitrogens is 1. The van der Waals surface area contributed by atoms with Crippen LogP contribution >= 0.6 is 11.3 Å². The van der Waals surface area contributed by atoms with E-state index in [4.69, 9.17) is 0 Å². The Labute approximate surface area is 161 Å². The molecule has 1 atom stereocenters. The normalized spacial score (nSPS) is 18.0. The molecule has 2 aromatic rings. The first-order valence-corrected chi connectivity index (χ1v) is 11.2. The van der Waals surface area contributed by atoms with Crippen LogP contribution in [0.15, 0.2) is 35.8 Å². The van der Waals surface area contributed by atoms with Crippen LogP contribution < -0.4 is 10.6 Å². The molecule has 1 aliphatic rings. The van der Waals surface area contributed by atoms with Crippen molar-refractivity contribution >= 4 is 44.0 Å². The molecule has 1 fully saturated rings. The summed E-state index contributed by atoms with van der Waals surface area (Å²) in [7, 11) is -3.44. The largest absolute Gasteiger partial charge is 0.325 e. The highest BCUT2D eigenvalue weighted by Crippen LogP contribution is 2.22. The van der Waals surface area contributed by atoms with Crippen LogP contribution in [0.25, 0.3) is 0 Å². The van der Waals surface area contributed by atoms with Crippen molar-refractivity contribution in [2.45, 2.75) is 25.3 Å². The molecule has 144 valence electrons. The van der Waals surface area contributed by atoms with Gasteiger partial charge in [0.2, 0.25) is 15.9 Å². The Bertz CT molecular complexity index is 911. The average molecular weight is 409 g/mol. The van der Waals surface area contributed by atoms with Gasteiger partial charge in [0, 0.05) is 29.4 Å². The van der Waals surface area contributed by atoms with Crippen LogP contribution in [-0.4, -0.2) is 48.4 Å². The van der Waals surface area contributed by atoms with E-state index in [0.717, 1.165) is 19.1 Å². The topological polar surface area (TPSA) is 108 Å². The minimum atomic E-state index is -3.44. The molecular formula is C17H20N4O4S2. The number of rotatable bonds is 5. The first-order chi connectivity index (χ1) is 12.8. The van der Waals surface area contributed by atoms with Gasteiger partial charge in [-0.1, -0.05) is 6.42 Å². The maximum Gasteiger partial charge on any atom is 0.257 e. The van der Waals surface area contributed by atoms with Crippen LogP contribution in [-0.2, 0) is 14.8 Å². The highest BCUT2D eigenvalue weighted by Gasteiger charge is 2.34. The number of nitrogens with zero attached hydrogens (tertiary/aromatic N) is 2. The summed E-state index contributed by atoms with van der Waals surface area (Å²) < 4.78 is 25.1. The molecule has 1 aromatic carbocycles. The van der Waals surface area contributed by atoms with Crippen LogP contribution in [0.2, 0.25) is 0 Å². The van der Waals surface area contributed by atoms with Crippen molar-refractivity contribution in [3.8, 4) is 0 Å². The minimum Gasteiger partial charge on any atom is -0.325 e. The SMILES string of the molecule is CS(=O)(=O)N1CCCCC1C(=O)Nc1ccc(C(=O)Nc2nccs2)cc1. The number of carbonyl (C=O) groups is 2. The van der Waals surface area contributed by atoms with E-state index in [1.54, 1.807) is 35.8 Å². The molecule has 10 heteroatoms. The number of benzene rings is 1. The van der Waals surface area contributed by atoms with Gasteiger partial charge in [-0.3, -0.25) is 14.9 Å². The van der Waals surface area contributed by atoms with Gasteiger partial charge in [0.1, 0.15) is 6.04 Å². The van der Waals surface area contributed by atoms with E-state index in [0.29, 0.717) is 29.3 Å². The number of anilines is 2. The number of hydrogen-bond acceptors (Lipinski definition) is 6. The van der Waals surface area contributed by atoms with E-state index < -0.39 is 16.1 Å². The van der Waals surface area contributed by atoms with E-state index >= 15 is 0 Å². The molecule has 8 nitrogen and oxygen atoms in total. The zero-order valence-corrected chi connectivity index (χ0v) is 16.3. The molecule has 0 saturated carbocycles. The number of thiazole rings is 1. The molecule has 3 rings (SSSR count). The molecule has 1 aliphatic heterocycles. The predicted octanol–water partition coefficient (Wildman–Crippen LogP) is 2.15. The zero-order valence-electron chi connectivity index (χ0n) is 14.7. The highest BCUT2D eigenvalue weighted by atomic mass is 32.2. The Kier molecular flexibility index (Phi) is 5.88. The van der Waals surface area contributed by atoms with Crippen molar-refractivity contribution in [1.29, 1.82) is 0 Å². The molecule has 1 unspecified atom stereocenters. The van der Waals surface area contributed by atoms with Gasteiger partial charge in [-0.15, -0.1) is 11.3 Å². The molecule has 1 saturated heterocycles. The van der Waals surface area contributed by atoms with Crippen LogP contribution in [0.3, 0.4) is 0 Å². The number of amides is 2. The third-order valence-electron chi connectivity index (χ3n) is 4.25. The second-order valence-corrected chi connectivity index (χ2v) is 9.07. The first kappa shape index (κ1) is 19.5. The fraction of sp³-hybridized carbons (Fsp3) is 0.353. The Morgan fingerprint density at radius 1 is 1.19 bits per heavy atom. The third kappa shape index (κ3) is 4.90. The van der Waals surface area contributed by atoms with Gasteiger partial charge in [-0.05, 0) is 37.1 Å². The van der Waals surface area contributed by atoms with Gasteiger partial charge in [-0.25, -0.2) is 13.4 Å². The molecule has 0 aliphatic carbocycles. The summed E-state index contributed by atoms with van der Waals surface area (Å²) in [6.07, 6.45) is 4.77. The maximum absolute atomic E-state index is 12.6. The maximum atomic E-state index is 12.6. The fourth-order valence-corrected chi connectivity index (χ4v) is 4.60. The summed E-state index contributed by atoms with van der Waals surface area (Å²) >= 11 is 1.32. The lowest BCUT2D eigenvalue weighted by Gasteiger charge is -2.32. The van der Waals surface area contributed by atoms with Crippen LogP contribution in [0, 0.1) is 0 Å². The zero-order chi connectivity index (χ0) is 19.4. The molecule has 0 radical (unpaired) electrons. The summed E-state index contributed by atoms with van der Waals surface area (Å²) in [5.74, 6) is -0.654. The van der Waals surface area contributed by atoms with Gasteiger partial charge >= 0.3 is 0 Å². The molecule has 1 aromatic heterocycles. The van der Waals surface area contributed by atoms with Crippen molar-refractivity contribution in [3.05, 3.63) is 41.4 Å². The Balaban J connectivity index is 1.65. The highest BCUT2D eigenvalue weighted by molar-refractivity contribution is 7.88. The Morgan fingerprint density at radius 2 is 1.93 bits per heavy atom. The summed E-state index contributed by atoms with van der Waals surface area (Å²) in [5.41, 5.74) is 0.934. The third-order valence-corrected chi connectivity index (χ3v) is 6.23. The van der Waals surface area contributed by atoms with E-state index in [2.05, 4.69) is 15.6 Å². The van der Waals surface area contributed by atoms with Crippen molar-refractivity contribution in [2.75, 3.05) is 23.4 Å². The van der Waals surface area contributed by atoms with E-state index in [1.165, 1.54) is 15.6 Å². The van der Waals surface area contributed by atoms with Gasteiger partial charge in [-0.2, -0.15) is 4.31 Å². The second-order valence-electron chi connectivity index (χ2n) is 6.24. The van der Waals surface area contributed by atoms with Crippen molar-refractivity contribution in [3.63, 3.8) is 0 Å². The molecule has 0 bridgehead atoms. The minimum absolute atomic E-state index is 0.293. The molecule has 2 N–H and O–H groups in total.